The highest BCUT2D eigenvalue weighted by Crippen LogP contribution is 2.13. The SMILES string of the molecule is Cn1cc(C(NC(=O)NC2CCS(=O)(=O)C2)C(=O)O)cn1. The van der Waals surface area contributed by atoms with Gasteiger partial charge in [-0.25, -0.2) is 18.0 Å². The van der Waals surface area contributed by atoms with Crippen molar-refractivity contribution >= 4 is 21.8 Å². The Labute approximate surface area is 121 Å². The lowest BCUT2D eigenvalue weighted by atomic mass is 10.1. The average Bonchev–Trinajstić information content (AvgIpc) is 2.92. The van der Waals surface area contributed by atoms with Gasteiger partial charge in [0.2, 0.25) is 0 Å². The Morgan fingerprint density at radius 2 is 2.24 bits per heavy atom. The van der Waals surface area contributed by atoms with E-state index in [4.69, 9.17) is 5.11 Å². The minimum absolute atomic E-state index is 0.0307. The maximum absolute atomic E-state index is 11.8. The first-order valence-corrected chi connectivity index (χ1v) is 8.08. The molecule has 2 unspecified atom stereocenters. The number of carboxylic acids is 1. The van der Waals surface area contributed by atoms with E-state index in [9.17, 15) is 18.0 Å². The Morgan fingerprint density at radius 3 is 2.71 bits per heavy atom. The smallest absolute Gasteiger partial charge is 0.331 e. The number of aromatic nitrogens is 2. The van der Waals surface area contributed by atoms with Crippen LogP contribution in [-0.2, 0) is 21.7 Å². The third-order valence-corrected chi connectivity index (χ3v) is 4.92. The van der Waals surface area contributed by atoms with Crippen molar-refractivity contribution in [1.29, 1.82) is 0 Å². The van der Waals surface area contributed by atoms with Gasteiger partial charge >= 0.3 is 12.0 Å². The summed E-state index contributed by atoms with van der Waals surface area (Å²) in [5, 5.41) is 17.8. The second-order valence-electron chi connectivity index (χ2n) is 4.94. The molecule has 1 saturated heterocycles. The molecule has 0 spiro atoms. The van der Waals surface area contributed by atoms with Crippen molar-refractivity contribution in [1.82, 2.24) is 20.4 Å². The van der Waals surface area contributed by atoms with E-state index in [0.29, 0.717) is 12.0 Å². The largest absolute Gasteiger partial charge is 0.479 e. The molecule has 2 atom stereocenters. The van der Waals surface area contributed by atoms with Crippen molar-refractivity contribution in [2.75, 3.05) is 11.5 Å². The number of amides is 2. The summed E-state index contributed by atoms with van der Waals surface area (Å²) < 4.78 is 24.0. The summed E-state index contributed by atoms with van der Waals surface area (Å²) in [5.74, 6) is -1.31. The normalized spacial score (nSPS) is 21.7. The van der Waals surface area contributed by atoms with Crippen LogP contribution in [0.25, 0.3) is 0 Å². The number of carbonyl (C=O) groups is 2. The fourth-order valence-electron chi connectivity index (χ4n) is 2.14. The van der Waals surface area contributed by atoms with E-state index < -0.39 is 33.9 Å². The third-order valence-electron chi connectivity index (χ3n) is 3.15. The summed E-state index contributed by atoms with van der Waals surface area (Å²) >= 11 is 0. The first kappa shape index (κ1) is 15.3. The monoisotopic (exact) mass is 316 g/mol. The predicted octanol–water partition coefficient (Wildman–Crippen LogP) is -0.968. The molecule has 0 aliphatic carbocycles. The molecule has 10 heteroatoms. The predicted molar refractivity (Wildman–Crippen MR) is 72.3 cm³/mol. The minimum Gasteiger partial charge on any atom is -0.479 e. The molecule has 3 N–H and O–H groups in total. The summed E-state index contributed by atoms with van der Waals surface area (Å²) in [6, 6.07) is -2.44. The number of aliphatic carboxylic acids is 1. The Balaban J connectivity index is 1.98. The maximum Gasteiger partial charge on any atom is 0.331 e. The second kappa shape index (κ2) is 5.72. The summed E-state index contributed by atoms with van der Waals surface area (Å²) in [6.07, 6.45) is 3.17. The minimum atomic E-state index is -3.11. The molecular weight excluding hydrogens is 300 g/mol. The highest BCUT2D eigenvalue weighted by atomic mass is 32.2. The Kier molecular flexibility index (Phi) is 4.16. The van der Waals surface area contributed by atoms with E-state index >= 15 is 0 Å². The molecule has 21 heavy (non-hydrogen) atoms. The molecule has 116 valence electrons. The number of nitrogens with zero attached hydrogens (tertiary/aromatic N) is 2. The van der Waals surface area contributed by atoms with Crippen molar-refractivity contribution in [2.45, 2.75) is 18.5 Å². The highest BCUT2D eigenvalue weighted by Gasteiger charge is 2.30. The zero-order chi connectivity index (χ0) is 15.6. The van der Waals surface area contributed by atoms with Crippen LogP contribution in [0.15, 0.2) is 12.4 Å². The summed E-state index contributed by atoms with van der Waals surface area (Å²) in [7, 11) is -1.48. The molecule has 0 aromatic carbocycles. The van der Waals surface area contributed by atoms with E-state index in [-0.39, 0.29) is 11.5 Å². The molecule has 0 radical (unpaired) electrons. The first-order chi connectivity index (χ1) is 9.77. The van der Waals surface area contributed by atoms with Gasteiger partial charge in [0.25, 0.3) is 0 Å². The van der Waals surface area contributed by atoms with Gasteiger partial charge in [-0.15, -0.1) is 0 Å². The van der Waals surface area contributed by atoms with E-state index in [1.165, 1.54) is 17.1 Å². The lowest BCUT2D eigenvalue weighted by Gasteiger charge is -2.16. The molecule has 2 rings (SSSR count). The topological polar surface area (TPSA) is 130 Å². The highest BCUT2D eigenvalue weighted by molar-refractivity contribution is 7.91. The lowest BCUT2D eigenvalue weighted by Crippen LogP contribution is -2.45. The summed E-state index contributed by atoms with van der Waals surface area (Å²) in [4.78, 5) is 23.0. The molecule has 1 fully saturated rings. The maximum atomic E-state index is 11.8. The molecule has 0 saturated carbocycles. The number of urea groups is 1. The number of carbonyl (C=O) groups excluding carboxylic acids is 1. The van der Waals surface area contributed by atoms with Gasteiger partial charge in [0.1, 0.15) is 0 Å². The van der Waals surface area contributed by atoms with E-state index in [0.717, 1.165) is 0 Å². The number of nitrogens with one attached hydrogen (secondary N) is 2. The average molecular weight is 316 g/mol. The summed E-state index contributed by atoms with van der Waals surface area (Å²) in [6.45, 7) is 0. The van der Waals surface area contributed by atoms with Crippen LogP contribution in [0.3, 0.4) is 0 Å². The fourth-order valence-corrected chi connectivity index (χ4v) is 3.82. The van der Waals surface area contributed by atoms with Gasteiger partial charge in [0.15, 0.2) is 15.9 Å². The Bertz CT molecular complexity index is 653. The molecular formula is C11H16N4O5S. The molecule has 0 bridgehead atoms. The molecule has 1 aromatic heterocycles. The first-order valence-electron chi connectivity index (χ1n) is 6.25. The van der Waals surface area contributed by atoms with Crippen LogP contribution in [0, 0.1) is 0 Å². The number of aryl methyl sites for hydroxylation is 1. The Hall–Kier alpha value is -2.10. The van der Waals surface area contributed by atoms with Crippen molar-refractivity contribution < 1.29 is 23.1 Å². The van der Waals surface area contributed by atoms with Crippen LogP contribution in [0.2, 0.25) is 0 Å². The third kappa shape index (κ3) is 3.94. The van der Waals surface area contributed by atoms with Gasteiger partial charge < -0.3 is 15.7 Å². The molecule has 2 heterocycles. The van der Waals surface area contributed by atoms with Gasteiger partial charge in [-0.05, 0) is 6.42 Å². The van der Waals surface area contributed by atoms with E-state index in [1.54, 1.807) is 7.05 Å². The van der Waals surface area contributed by atoms with Crippen molar-refractivity contribution in [3.8, 4) is 0 Å². The van der Waals surface area contributed by atoms with Crippen LogP contribution in [0.5, 0.6) is 0 Å². The van der Waals surface area contributed by atoms with Gasteiger partial charge in [0.05, 0.1) is 17.7 Å². The number of sulfone groups is 1. The number of rotatable bonds is 4. The van der Waals surface area contributed by atoms with Crippen molar-refractivity contribution in [3.05, 3.63) is 18.0 Å². The van der Waals surface area contributed by atoms with E-state index in [1.807, 2.05) is 0 Å². The van der Waals surface area contributed by atoms with Crippen LogP contribution in [-0.4, -0.2) is 52.9 Å². The molecule has 1 aliphatic rings. The van der Waals surface area contributed by atoms with Gasteiger partial charge in [-0.2, -0.15) is 5.10 Å². The Morgan fingerprint density at radius 1 is 1.52 bits per heavy atom. The second-order valence-corrected chi connectivity index (χ2v) is 7.17. The molecule has 1 aliphatic heterocycles. The fraction of sp³-hybridized carbons (Fsp3) is 0.545. The zero-order valence-electron chi connectivity index (χ0n) is 11.3. The molecule has 9 nitrogen and oxygen atoms in total. The quantitative estimate of drug-likeness (QED) is 0.655. The van der Waals surface area contributed by atoms with Gasteiger partial charge in [0, 0.05) is 24.8 Å². The zero-order valence-corrected chi connectivity index (χ0v) is 12.1. The van der Waals surface area contributed by atoms with Gasteiger partial charge in [-0.3, -0.25) is 4.68 Å². The number of hydrogen-bond donors (Lipinski definition) is 3. The van der Waals surface area contributed by atoms with Crippen LogP contribution in [0.1, 0.15) is 18.0 Å². The van der Waals surface area contributed by atoms with Gasteiger partial charge in [-0.1, -0.05) is 0 Å². The van der Waals surface area contributed by atoms with Crippen molar-refractivity contribution in [2.24, 2.45) is 7.05 Å². The summed E-state index contributed by atoms with van der Waals surface area (Å²) in [5.41, 5.74) is 0.333. The van der Waals surface area contributed by atoms with Crippen molar-refractivity contribution in [3.63, 3.8) is 0 Å². The van der Waals surface area contributed by atoms with Crippen LogP contribution >= 0.6 is 0 Å². The number of hydrogen-bond acceptors (Lipinski definition) is 5. The standard InChI is InChI=1S/C11H16N4O5S/c1-15-5-7(4-12-15)9(10(16)17)14-11(18)13-8-2-3-21(19,20)6-8/h4-5,8-9H,2-3,6H2,1H3,(H,16,17)(H2,13,14,18). The number of carboxylic acid groups (broad SMARTS) is 1. The van der Waals surface area contributed by atoms with Crippen LogP contribution in [0.4, 0.5) is 4.79 Å². The lowest BCUT2D eigenvalue weighted by molar-refractivity contribution is -0.139. The van der Waals surface area contributed by atoms with E-state index in [2.05, 4.69) is 15.7 Å². The van der Waals surface area contributed by atoms with Crippen LogP contribution < -0.4 is 10.6 Å². The molecule has 1 aromatic rings. The molecule has 2 amide bonds.